The maximum Gasteiger partial charge on any atom is 0.227 e. The van der Waals surface area contributed by atoms with Crippen LogP contribution >= 0.6 is 11.8 Å². The Balaban J connectivity index is 1.29. The largest absolute Gasteiger partial charge is 0.341 e. The van der Waals surface area contributed by atoms with Crippen molar-refractivity contribution in [2.45, 2.75) is 24.3 Å². The van der Waals surface area contributed by atoms with Crippen molar-refractivity contribution < 1.29 is 4.79 Å². The highest BCUT2D eigenvalue weighted by molar-refractivity contribution is 7.98. The number of hydrogen-bond donors (Lipinski definition) is 2. The van der Waals surface area contributed by atoms with Gasteiger partial charge in [-0.2, -0.15) is 0 Å². The number of benzene rings is 2. The molecule has 1 fully saturated rings. The van der Waals surface area contributed by atoms with Crippen LogP contribution in [0.15, 0.2) is 53.4 Å². The first kappa shape index (κ1) is 18.1. The third-order valence-electron chi connectivity index (χ3n) is 5.13. The second-order valence-corrected chi connectivity index (χ2v) is 7.85. The lowest BCUT2D eigenvalue weighted by atomic mass is 9.96. The molecule has 6 heteroatoms. The molecule has 0 unspecified atom stereocenters. The van der Waals surface area contributed by atoms with E-state index in [1.165, 1.54) is 4.90 Å². The molecule has 0 aliphatic carbocycles. The molecule has 1 aliphatic heterocycles. The van der Waals surface area contributed by atoms with E-state index < -0.39 is 0 Å². The summed E-state index contributed by atoms with van der Waals surface area (Å²) >= 11 is 1.70. The fourth-order valence-electron chi connectivity index (χ4n) is 3.56. The van der Waals surface area contributed by atoms with Crippen LogP contribution in [0.5, 0.6) is 0 Å². The minimum Gasteiger partial charge on any atom is -0.341 e. The summed E-state index contributed by atoms with van der Waals surface area (Å²) in [6.45, 7) is 2.64. The SMILES string of the molecule is CSc1ccc(NC(=O)C2CCN(Cc3nc4ccccc4[nH]3)CC2)cc1. The van der Waals surface area contributed by atoms with Crippen molar-refractivity contribution in [3.05, 3.63) is 54.4 Å². The number of likely N-dealkylation sites (tertiary alicyclic amines) is 1. The molecule has 1 amide bonds. The Labute approximate surface area is 163 Å². The summed E-state index contributed by atoms with van der Waals surface area (Å²) in [4.78, 5) is 24.2. The van der Waals surface area contributed by atoms with Gasteiger partial charge < -0.3 is 10.3 Å². The van der Waals surface area contributed by atoms with E-state index in [4.69, 9.17) is 0 Å². The van der Waals surface area contributed by atoms with E-state index >= 15 is 0 Å². The van der Waals surface area contributed by atoms with Crippen LogP contribution in [0.25, 0.3) is 11.0 Å². The quantitative estimate of drug-likeness (QED) is 0.653. The average molecular weight is 381 g/mol. The minimum absolute atomic E-state index is 0.0807. The molecule has 0 atom stereocenters. The first-order valence-corrected chi connectivity index (χ1v) is 10.5. The third-order valence-corrected chi connectivity index (χ3v) is 5.87. The van der Waals surface area contributed by atoms with Gasteiger partial charge in [-0.3, -0.25) is 9.69 Å². The molecule has 1 saturated heterocycles. The lowest BCUT2D eigenvalue weighted by Gasteiger charge is -2.30. The van der Waals surface area contributed by atoms with Crippen LogP contribution in [0.4, 0.5) is 5.69 Å². The van der Waals surface area contributed by atoms with E-state index in [1.807, 2.05) is 54.8 Å². The Morgan fingerprint density at radius 3 is 2.63 bits per heavy atom. The predicted molar refractivity (Wildman–Crippen MR) is 111 cm³/mol. The predicted octanol–water partition coefficient (Wildman–Crippen LogP) is 4.14. The Bertz CT molecular complexity index is 880. The first-order chi connectivity index (χ1) is 13.2. The lowest BCUT2D eigenvalue weighted by Crippen LogP contribution is -2.38. The molecule has 4 rings (SSSR count). The van der Waals surface area contributed by atoms with E-state index in [9.17, 15) is 4.79 Å². The van der Waals surface area contributed by atoms with Crippen molar-refractivity contribution in [2.24, 2.45) is 5.92 Å². The Kier molecular flexibility index (Phi) is 5.45. The fraction of sp³-hybridized carbons (Fsp3) is 0.333. The Hall–Kier alpha value is -2.31. The Morgan fingerprint density at radius 1 is 1.19 bits per heavy atom. The highest BCUT2D eigenvalue weighted by atomic mass is 32.2. The van der Waals surface area contributed by atoms with Gasteiger partial charge >= 0.3 is 0 Å². The summed E-state index contributed by atoms with van der Waals surface area (Å²) < 4.78 is 0. The summed E-state index contributed by atoms with van der Waals surface area (Å²) in [6, 6.07) is 16.1. The zero-order chi connectivity index (χ0) is 18.6. The fourth-order valence-corrected chi connectivity index (χ4v) is 3.97. The number of hydrogen-bond acceptors (Lipinski definition) is 4. The van der Waals surface area contributed by atoms with E-state index in [0.717, 1.165) is 55.0 Å². The van der Waals surface area contributed by atoms with Crippen LogP contribution in [-0.4, -0.2) is 40.1 Å². The molecule has 1 aliphatic rings. The van der Waals surface area contributed by atoms with E-state index in [1.54, 1.807) is 11.8 Å². The molecule has 3 aromatic rings. The zero-order valence-corrected chi connectivity index (χ0v) is 16.3. The van der Waals surface area contributed by atoms with Gasteiger partial charge in [0.2, 0.25) is 5.91 Å². The van der Waals surface area contributed by atoms with Crippen molar-refractivity contribution in [1.82, 2.24) is 14.9 Å². The molecule has 0 spiro atoms. The van der Waals surface area contributed by atoms with Gasteiger partial charge in [0.1, 0.15) is 5.82 Å². The summed E-state index contributed by atoms with van der Waals surface area (Å²) in [6.07, 6.45) is 3.82. The number of thioether (sulfide) groups is 1. The molecular formula is C21H24N4OS. The first-order valence-electron chi connectivity index (χ1n) is 9.32. The monoisotopic (exact) mass is 380 g/mol. The lowest BCUT2D eigenvalue weighted by molar-refractivity contribution is -0.121. The second kappa shape index (κ2) is 8.15. The van der Waals surface area contributed by atoms with Crippen LogP contribution in [0.3, 0.4) is 0 Å². The van der Waals surface area contributed by atoms with Crippen molar-refractivity contribution in [1.29, 1.82) is 0 Å². The van der Waals surface area contributed by atoms with E-state index in [-0.39, 0.29) is 11.8 Å². The number of rotatable bonds is 5. The number of anilines is 1. The van der Waals surface area contributed by atoms with Gasteiger partial charge in [0.25, 0.3) is 0 Å². The molecule has 2 heterocycles. The number of fused-ring (bicyclic) bond motifs is 1. The molecule has 2 N–H and O–H groups in total. The summed E-state index contributed by atoms with van der Waals surface area (Å²) in [5, 5.41) is 3.06. The average Bonchev–Trinajstić information content (AvgIpc) is 3.11. The molecule has 27 heavy (non-hydrogen) atoms. The van der Waals surface area contributed by atoms with Gasteiger partial charge in [-0.1, -0.05) is 12.1 Å². The second-order valence-electron chi connectivity index (χ2n) is 6.97. The molecular weight excluding hydrogens is 356 g/mol. The molecule has 2 aromatic carbocycles. The van der Waals surface area contributed by atoms with Crippen LogP contribution in [0, 0.1) is 5.92 Å². The number of aromatic nitrogens is 2. The van der Waals surface area contributed by atoms with E-state index in [0.29, 0.717) is 0 Å². The molecule has 0 bridgehead atoms. The molecule has 0 saturated carbocycles. The maximum absolute atomic E-state index is 12.6. The van der Waals surface area contributed by atoms with Gasteiger partial charge in [-0.15, -0.1) is 11.8 Å². The van der Waals surface area contributed by atoms with Gasteiger partial charge in [0.15, 0.2) is 0 Å². The van der Waals surface area contributed by atoms with Crippen LogP contribution < -0.4 is 5.32 Å². The number of aromatic amines is 1. The van der Waals surface area contributed by atoms with Crippen molar-refractivity contribution >= 4 is 34.4 Å². The number of nitrogens with one attached hydrogen (secondary N) is 2. The maximum atomic E-state index is 12.6. The number of carbonyl (C=O) groups excluding carboxylic acids is 1. The number of H-pyrrole nitrogens is 1. The molecule has 5 nitrogen and oxygen atoms in total. The van der Waals surface area contributed by atoms with Crippen molar-refractivity contribution in [3.63, 3.8) is 0 Å². The van der Waals surface area contributed by atoms with Gasteiger partial charge in [0.05, 0.1) is 17.6 Å². The smallest absolute Gasteiger partial charge is 0.227 e. The summed E-state index contributed by atoms with van der Waals surface area (Å²) in [7, 11) is 0. The van der Waals surface area contributed by atoms with E-state index in [2.05, 4.69) is 20.2 Å². The zero-order valence-electron chi connectivity index (χ0n) is 15.4. The van der Waals surface area contributed by atoms with Crippen molar-refractivity contribution in [2.75, 3.05) is 24.7 Å². The number of imidazole rings is 1. The van der Waals surface area contributed by atoms with Crippen LogP contribution in [-0.2, 0) is 11.3 Å². The van der Waals surface area contributed by atoms with Gasteiger partial charge in [0, 0.05) is 16.5 Å². The Morgan fingerprint density at radius 2 is 1.93 bits per heavy atom. The standard InChI is InChI=1S/C21H24N4OS/c1-27-17-8-6-16(7-9-17)22-21(26)15-10-12-25(13-11-15)14-20-23-18-4-2-3-5-19(18)24-20/h2-9,15H,10-14H2,1H3,(H,22,26)(H,23,24). The van der Waals surface area contributed by atoms with Gasteiger partial charge in [-0.25, -0.2) is 4.98 Å². The van der Waals surface area contributed by atoms with Gasteiger partial charge in [-0.05, 0) is 68.6 Å². The van der Waals surface area contributed by atoms with Crippen molar-refractivity contribution in [3.8, 4) is 0 Å². The normalized spacial score (nSPS) is 15.9. The van der Waals surface area contributed by atoms with Crippen LogP contribution in [0.1, 0.15) is 18.7 Å². The molecule has 0 radical (unpaired) electrons. The summed E-state index contributed by atoms with van der Waals surface area (Å²) in [5.41, 5.74) is 2.96. The summed E-state index contributed by atoms with van der Waals surface area (Å²) in [5.74, 6) is 1.21. The number of nitrogens with zero attached hydrogens (tertiary/aromatic N) is 2. The van der Waals surface area contributed by atoms with Crippen LogP contribution in [0.2, 0.25) is 0 Å². The molecule has 1 aromatic heterocycles. The number of piperidine rings is 1. The number of carbonyl (C=O) groups is 1. The number of para-hydroxylation sites is 2. The third kappa shape index (κ3) is 4.34. The topological polar surface area (TPSA) is 61.0 Å². The number of amides is 1. The minimum atomic E-state index is 0.0807. The highest BCUT2D eigenvalue weighted by Crippen LogP contribution is 2.22. The highest BCUT2D eigenvalue weighted by Gasteiger charge is 2.25. The molecule has 140 valence electrons.